The first-order valence-corrected chi connectivity index (χ1v) is 9.40. The molecule has 3 heterocycles. The average molecular weight is 414 g/mol. The Labute approximate surface area is 161 Å². The van der Waals surface area contributed by atoms with Crippen LogP contribution in [0.3, 0.4) is 0 Å². The fraction of sp³-hybridized carbons (Fsp3) is 0.316. The van der Waals surface area contributed by atoms with Crippen molar-refractivity contribution < 1.29 is 4.74 Å². The largest absolute Gasteiger partial charge is 0.481 e. The third-order valence-electron chi connectivity index (χ3n) is 4.56. The molecule has 2 aromatic heterocycles. The standard InChI is InChI=1S/C19H20BrN5O/c1-26-18-4-2-3-16(22-18)13-24-7-9-25(10-8-24)19-21-12-14-11-15(20)5-6-17(14)23-19/h2-6,11-12H,7-10,13H2,1H3. The highest BCUT2D eigenvalue weighted by Crippen LogP contribution is 2.21. The minimum Gasteiger partial charge on any atom is -0.481 e. The van der Waals surface area contributed by atoms with Gasteiger partial charge in [-0.05, 0) is 24.3 Å². The molecular formula is C19H20BrN5O. The van der Waals surface area contributed by atoms with Crippen LogP contribution in [-0.4, -0.2) is 53.1 Å². The lowest BCUT2D eigenvalue weighted by molar-refractivity contribution is 0.245. The van der Waals surface area contributed by atoms with E-state index in [1.54, 1.807) is 7.11 Å². The summed E-state index contributed by atoms with van der Waals surface area (Å²) in [5, 5.41) is 1.05. The van der Waals surface area contributed by atoms with E-state index >= 15 is 0 Å². The molecule has 1 fully saturated rings. The molecule has 0 aliphatic carbocycles. The molecule has 1 saturated heterocycles. The van der Waals surface area contributed by atoms with Crippen molar-refractivity contribution in [3.63, 3.8) is 0 Å². The van der Waals surface area contributed by atoms with Gasteiger partial charge < -0.3 is 9.64 Å². The quantitative estimate of drug-likeness (QED) is 0.654. The number of anilines is 1. The summed E-state index contributed by atoms with van der Waals surface area (Å²) in [5.74, 6) is 1.47. The number of pyridine rings is 1. The van der Waals surface area contributed by atoms with Crippen molar-refractivity contribution >= 4 is 32.8 Å². The van der Waals surface area contributed by atoms with Crippen molar-refractivity contribution in [1.82, 2.24) is 19.9 Å². The molecule has 1 aliphatic rings. The Morgan fingerprint density at radius 1 is 1.08 bits per heavy atom. The fourth-order valence-corrected chi connectivity index (χ4v) is 3.52. The number of halogens is 1. The highest BCUT2D eigenvalue weighted by atomic mass is 79.9. The molecule has 4 rings (SSSR count). The monoisotopic (exact) mass is 413 g/mol. The van der Waals surface area contributed by atoms with Gasteiger partial charge in [0.2, 0.25) is 11.8 Å². The summed E-state index contributed by atoms with van der Waals surface area (Å²) < 4.78 is 6.25. The molecule has 0 unspecified atom stereocenters. The fourth-order valence-electron chi connectivity index (χ4n) is 3.14. The number of hydrogen-bond acceptors (Lipinski definition) is 6. The molecular weight excluding hydrogens is 394 g/mol. The summed E-state index contributed by atoms with van der Waals surface area (Å²) in [7, 11) is 1.65. The van der Waals surface area contributed by atoms with Crippen LogP contribution in [0.1, 0.15) is 5.69 Å². The maximum Gasteiger partial charge on any atom is 0.225 e. The summed E-state index contributed by atoms with van der Waals surface area (Å²) >= 11 is 3.49. The van der Waals surface area contributed by atoms with Gasteiger partial charge in [0.15, 0.2) is 0 Å². The zero-order valence-corrected chi connectivity index (χ0v) is 16.2. The van der Waals surface area contributed by atoms with Crippen LogP contribution in [0.2, 0.25) is 0 Å². The normalized spacial score (nSPS) is 15.4. The first-order chi connectivity index (χ1) is 12.7. The van der Waals surface area contributed by atoms with Crippen molar-refractivity contribution in [2.24, 2.45) is 0 Å². The third kappa shape index (κ3) is 3.78. The summed E-state index contributed by atoms with van der Waals surface area (Å²) in [5.41, 5.74) is 2.01. The second-order valence-corrected chi connectivity index (χ2v) is 7.22. The predicted molar refractivity (Wildman–Crippen MR) is 106 cm³/mol. The Hall–Kier alpha value is -2.25. The smallest absolute Gasteiger partial charge is 0.225 e. The molecule has 0 bridgehead atoms. The van der Waals surface area contributed by atoms with Crippen molar-refractivity contribution in [1.29, 1.82) is 0 Å². The summed E-state index contributed by atoms with van der Waals surface area (Å²) in [6, 6.07) is 12.0. The van der Waals surface area contributed by atoms with Gasteiger partial charge in [0.05, 0.1) is 18.3 Å². The molecule has 7 heteroatoms. The maximum atomic E-state index is 5.20. The second-order valence-electron chi connectivity index (χ2n) is 6.31. The summed E-state index contributed by atoms with van der Waals surface area (Å²) in [6.45, 7) is 4.57. The van der Waals surface area contributed by atoms with E-state index in [0.29, 0.717) is 5.88 Å². The van der Waals surface area contributed by atoms with Crippen LogP contribution < -0.4 is 9.64 Å². The van der Waals surface area contributed by atoms with Crippen LogP contribution in [0.5, 0.6) is 5.88 Å². The molecule has 0 N–H and O–H groups in total. The van der Waals surface area contributed by atoms with E-state index in [2.05, 4.69) is 35.7 Å². The number of ether oxygens (including phenoxy) is 1. The molecule has 0 amide bonds. The maximum absolute atomic E-state index is 5.20. The van der Waals surface area contributed by atoms with Crippen molar-refractivity contribution in [3.05, 3.63) is 52.8 Å². The zero-order valence-electron chi connectivity index (χ0n) is 14.6. The second kappa shape index (κ2) is 7.55. The molecule has 26 heavy (non-hydrogen) atoms. The molecule has 3 aromatic rings. The van der Waals surface area contributed by atoms with Gasteiger partial charge in [-0.1, -0.05) is 22.0 Å². The van der Waals surface area contributed by atoms with Crippen LogP contribution in [0.4, 0.5) is 5.95 Å². The minimum atomic E-state index is 0.664. The average Bonchev–Trinajstić information content (AvgIpc) is 2.68. The molecule has 0 radical (unpaired) electrons. The number of fused-ring (bicyclic) bond motifs is 1. The predicted octanol–water partition coefficient (Wildman–Crippen LogP) is 3.12. The topological polar surface area (TPSA) is 54.4 Å². The Morgan fingerprint density at radius 3 is 2.73 bits per heavy atom. The number of piperazine rings is 1. The van der Waals surface area contributed by atoms with Crippen molar-refractivity contribution in [3.8, 4) is 5.88 Å². The number of hydrogen-bond donors (Lipinski definition) is 0. The minimum absolute atomic E-state index is 0.664. The first-order valence-electron chi connectivity index (χ1n) is 8.61. The Morgan fingerprint density at radius 2 is 1.92 bits per heavy atom. The van der Waals surface area contributed by atoms with E-state index in [1.165, 1.54) is 0 Å². The molecule has 134 valence electrons. The Kier molecular flexibility index (Phi) is 4.99. The van der Waals surface area contributed by atoms with Crippen LogP contribution in [0.15, 0.2) is 47.1 Å². The van der Waals surface area contributed by atoms with E-state index in [1.807, 2.05) is 42.6 Å². The SMILES string of the molecule is COc1cccc(CN2CCN(c3ncc4cc(Br)ccc4n3)CC2)n1. The number of nitrogens with zero attached hydrogens (tertiary/aromatic N) is 5. The van der Waals surface area contributed by atoms with Gasteiger partial charge in [-0.25, -0.2) is 15.0 Å². The van der Waals surface area contributed by atoms with Gasteiger partial charge in [-0.2, -0.15) is 0 Å². The highest BCUT2D eigenvalue weighted by molar-refractivity contribution is 9.10. The first kappa shape index (κ1) is 17.2. The zero-order chi connectivity index (χ0) is 17.9. The molecule has 6 nitrogen and oxygen atoms in total. The van der Waals surface area contributed by atoms with Gasteiger partial charge in [0.25, 0.3) is 0 Å². The molecule has 1 aliphatic heterocycles. The molecule has 0 spiro atoms. The van der Waals surface area contributed by atoms with Crippen LogP contribution in [0.25, 0.3) is 10.9 Å². The summed E-state index contributed by atoms with van der Waals surface area (Å²) in [6.07, 6.45) is 1.90. The van der Waals surface area contributed by atoms with Gasteiger partial charge in [-0.3, -0.25) is 4.90 Å². The molecule has 0 saturated carbocycles. The van der Waals surface area contributed by atoms with Crippen LogP contribution in [-0.2, 0) is 6.54 Å². The number of aromatic nitrogens is 3. The highest BCUT2D eigenvalue weighted by Gasteiger charge is 2.19. The van der Waals surface area contributed by atoms with Crippen molar-refractivity contribution in [2.45, 2.75) is 6.54 Å². The van der Waals surface area contributed by atoms with Gasteiger partial charge >= 0.3 is 0 Å². The lowest BCUT2D eigenvalue weighted by atomic mass is 10.2. The van der Waals surface area contributed by atoms with Crippen LogP contribution >= 0.6 is 15.9 Å². The number of rotatable bonds is 4. The third-order valence-corrected chi connectivity index (χ3v) is 5.05. The van der Waals surface area contributed by atoms with E-state index in [0.717, 1.165) is 59.7 Å². The lowest BCUT2D eigenvalue weighted by Crippen LogP contribution is -2.46. The van der Waals surface area contributed by atoms with E-state index < -0.39 is 0 Å². The lowest BCUT2D eigenvalue weighted by Gasteiger charge is -2.34. The molecule has 1 aromatic carbocycles. The van der Waals surface area contributed by atoms with E-state index in [-0.39, 0.29) is 0 Å². The van der Waals surface area contributed by atoms with E-state index in [4.69, 9.17) is 9.72 Å². The van der Waals surface area contributed by atoms with Gasteiger partial charge in [0.1, 0.15) is 0 Å². The Balaban J connectivity index is 1.40. The van der Waals surface area contributed by atoms with Gasteiger partial charge in [0, 0.05) is 54.8 Å². The van der Waals surface area contributed by atoms with Crippen LogP contribution in [0, 0.1) is 0 Å². The number of benzene rings is 1. The van der Waals surface area contributed by atoms with Crippen molar-refractivity contribution in [2.75, 3.05) is 38.2 Å². The summed E-state index contributed by atoms with van der Waals surface area (Å²) in [4.78, 5) is 18.4. The number of methoxy groups -OCH3 is 1. The van der Waals surface area contributed by atoms with Gasteiger partial charge in [-0.15, -0.1) is 0 Å². The molecule has 0 atom stereocenters. The Bertz CT molecular complexity index is 911. The van der Waals surface area contributed by atoms with E-state index in [9.17, 15) is 0 Å².